The summed E-state index contributed by atoms with van der Waals surface area (Å²) in [5.74, 6) is 0. The van der Waals surface area contributed by atoms with Gasteiger partial charge >= 0.3 is 15.5 Å². The summed E-state index contributed by atoms with van der Waals surface area (Å²) in [4.78, 5) is 18.0. The first-order chi connectivity index (χ1) is 12.1. The predicted molar refractivity (Wildman–Crippen MR) is 103 cm³/mol. The van der Waals surface area contributed by atoms with Gasteiger partial charge in [0, 0.05) is 19.8 Å². The van der Waals surface area contributed by atoms with Crippen molar-refractivity contribution in [3.63, 3.8) is 0 Å². The summed E-state index contributed by atoms with van der Waals surface area (Å²) in [7, 11) is -8.03. The molecule has 2 unspecified atom stereocenters. The lowest BCUT2D eigenvalue weighted by Crippen LogP contribution is -2.25. The van der Waals surface area contributed by atoms with E-state index in [1.54, 1.807) is 39.8 Å². The highest BCUT2D eigenvalue weighted by Crippen LogP contribution is 2.39. The van der Waals surface area contributed by atoms with Crippen LogP contribution in [0.4, 0.5) is 0 Å². The molecule has 0 saturated heterocycles. The van der Waals surface area contributed by atoms with Gasteiger partial charge < -0.3 is 19.3 Å². The van der Waals surface area contributed by atoms with Crippen LogP contribution in [0.15, 0.2) is 12.2 Å². The molecule has 0 heterocycles. The quantitative estimate of drug-likeness (QED) is 0.172. The Balaban J connectivity index is 3.70. The number of hydrogen-bond donors (Lipinski definition) is 4. The summed E-state index contributed by atoms with van der Waals surface area (Å²) >= 11 is 0. The van der Waals surface area contributed by atoms with Gasteiger partial charge in [0.2, 0.25) is 0 Å². The van der Waals surface area contributed by atoms with Crippen LogP contribution in [0.2, 0.25) is 0 Å². The van der Waals surface area contributed by atoms with Gasteiger partial charge in [-0.25, -0.2) is 20.1 Å². The zero-order chi connectivity index (χ0) is 21.2. The van der Waals surface area contributed by atoms with E-state index in [1.165, 1.54) is 0 Å². The first kappa shape index (κ1) is 26.9. The molecule has 0 fully saturated rings. The van der Waals surface area contributed by atoms with Crippen LogP contribution in [0.1, 0.15) is 47.0 Å². The summed E-state index contributed by atoms with van der Waals surface area (Å²) in [5, 5.41) is 0. The fraction of sp³-hybridized carbons (Fsp3) is 0.867. The highest BCUT2D eigenvalue weighted by molar-refractivity contribution is 7.50. The minimum absolute atomic E-state index is 0.332. The lowest BCUT2D eigenvalue weighted by atomic mass is 10.0. The molecular weight excluding hydrogens is 398 g/mol. The van der Waals surface area contributed by atoms with Crippen molar-refractivity contribution in [3.8, 4) is 0 Å². The number of hydrogen-bond acceptors (Lipinski definition) is 6. The van der Waals surface area contributed by atoms with E-state index in [9.17, 15) is 9.13 Å². The minimum atomic E-state index is -4.04. The van der Waals surface area contributed by atoms with Crippen molar-refractivity contribution in [2.45, 2.75) is 58.2 Å². The SMILES string of the molecule is CC(C)(/C=C/COCCCOCCCC(C)(C)OP(N)(=O)O)OP(N)(=O)O. The standard InChI is InChI=1S/C15H34N2O8P2/c1-14(2,24-26(16,18)19)8-5-10-22-12-7-13-23-11-6-9-15(3,4)25-27(17,20)21/h5,8H,6-7,9-13H2,1-4H3,(H3,16,18,19)(H3,17,20,21)/b8-5+. The van der Waals surface area contributed by atoms with E-state index in [-0.39, 0.29) is 0 Å². The third-order valence-corrected chi connectivity index (χ3v) is 4.61. The van der Waals surface area contributed by atoms with Crippen LogP contribution in [0, 0.1) is 0 Å². The van der Waals surface area contributed by atoms with E-state index >= 15 is 0 Å². The smallest absolute Gasteiger partial charge is 0.381 e. The maximum atomic E-state index is 11.1. The summed E-state index contributed by atoms with van der Waals surface area (Å²) in [6.07, 6.45) is 5.21. The molecule has 0 aliphatic rings. The Morgan fingerprint density at radius 3 is 1.96 bits per heavy atom. The largest absolute Gasteiger partial charge is 0.401 e. The van der Waals surface area contributed by atoms with E-state index in [0.717, 1.165) is 0 Å². The molecule has 0 aromatic carbocycles. The molecule has 0 aliphatic heterocycles. The van der Waals surface area contributed by atoms with E-state index in [1.807, 2.05) is 0 Å². The molecule has 2 atom stereocenters. The molecule has 0 amide bonds. The maximum Gasteiger partial charge on any atom is 0.401 e. The van der Waals surface area contributed by atoms with Crippen molar-refractivity contribution in [1.82, 2.24) is 0 Å². The lowest BCUT2D eigenvalue weighted by Gasteiger charge is -2.25. The van der Waals surface area contributed by atoms with Gasteiger partial charge in [-0.15, -0.1) is 0 Å². The predicted octanol–water partition coefficient (Wildman–Crippen LogP) is 2.45. The molecule has 27 heavy (non-hydrogen) atoms. The Kier molecular flexibility index (Phi) is 11.7. The topological polar surface area (TPSA) is 164 Å². The monoisotopic (exact) mass is 432 g/mol. The number of rotatable bonds is 15. The Bertz CT molecular complexity index is 542. The normalized spacial score (nSPS) is 17.8. The van der Waals surface area contributed by atoms with Gasteiger partial charge in [-0.05, 0) is 47.0 Å². The van der Waals surface area contributed by atoms with Gasteiger partial charge in [-0.1, -0.05) is 12.2 Å². The molecule has 0 radical (unpaired) electrons. The van der Waals surface area contributed by atoms with E-state index in [0.29, 0.717) is 45.7 Å². The molecule has 12 heteroatoms. The molecule has 0 spiro atoms. The van der Waals surface area contributed by atoms with E-state index < -0.39 is 26.7 Å². The lowest BCUT2D eigenvalue weighted by molar-refractivity contribution is 0.0564. The molecule has 0 bridgehead atoms. The van der Waals surface area contributed by atoms with Gasteiger partial charge in [0.15, 0.2) is 0 Å². The fourth-order valence-electron chi connectivity index (χ4n) is 2.22. The maximum absolute atomic E-state index is 11.1. The molecule has 0 rings (SSSR count). The second-order valence-corrected chi connectivity index (χ2v) is 9.84. The molecule has 162 valence electrons. The number of nitrogens with two attached hydrogens (primary N) is 2. The summed E-state index contributed by atoms with van der Waals surface area (Å²) in [6, 6.07) is 0. The Hall–Kier alpha value is -0.120. The highest BCUT2D eigenvalue weighted by atomic mass is 31.2. The zero-order valence-corrected chi connectivity index (χ0v) is 18.3. The average molecular weight is 432 g/mol. The van der Waals surface area contributed by atoms with Crippen LogP contribution in [-0.4, -0.2) is 47.4 Å². The van der Waals surface area contributed by atoms with Crippen LogP contribution >= 0.6 is 15.5 Å². The second kappa shape index (κ2) is 11.8. The van der Waals surface area contributed by atoms with Gasteiger partial charge in [0.05, 0.1) is 17.8 Å². The van der Waals surface area contributed by atoms with Crippen LogP contribution in [0.5, 0.6) is 0 Å². The van der Waals surface area contributed by atoms with E-state index in [4.69, 9.17) is 39.3 Å². The van der Waals surface area contributed by atoms with Crippen molar-refractivity contribution in [2.75, 3.05) is 26.4 Å². The van der Waals surface area contributed by atoms with Crippen LogP contribution < -0.4 is 11.0 Å². The Morgan fingerprint density at radius 1 is 0.889 bits per heavy atom. The number of ether oxygens (including phenoxy) is 2. The highest BCUT2D eigenvalue weighted by Gasteiger charge is 2.27. The second-order valence-electron chi connectivity index (χ2n) is 7.22. The van der Waals surface area contributed by atoms with Crippen molar-refractivity contribution >= 4 is 15.5 Å². The molecule has 6 N–H and O–H groups in total. The zero-order valence-electron chi connectivity index (χ0n) is 16.5. The van der Waals surface area contributed by atoms with E-state index in [2.05, 4.69) is 0 Å². The first-order valence-corrected chi connectivity index (χ1v) is 11.9. The van der Waals surface area contributed by atoms with Crippen LogP contribution in [-0.2, 0) is 27.7 Å². The van der Waals surface area contributed by atoms with Crippen molar-refractivity contribution < 1.29 is 37.4 Å². The molecule has 0 aliphatic carbocycles. The minimum Gasteiger partial charge on any atom is -0.381 e. The third kappa shape index (κ3) is 19.0. The molecule has 10 nitrogen and oxygen atoms in total. The average Bonchev–Trinajstić information content (AvgIpc) is 2.39. The molecule has 0 saturated carbocycles. The van der Waals surface area contributed by atoms with Crippen molar-refractivity contribution in [3.05, 3.63) is 12.2 Å². The van der Waals surface area contributed by atoms with Gasteiger partial charge in [0.25, 0.3) is 0 Å². The first-order valence-electron chi connectivity index (χ1n) is 8.59. The van der Waals surface area contributed by atoms with Crippen molar-refractivity contribution in [1.29, 1.82) is 0 Å². The molecular formula is C15H34N2O8P2. The van der Waals surface area contributed by atoms with Gasteiger partial charge in [-0.3, -0.25) is 9.05 Å². The van der Waals surface area contributed by atoms with Gasteiger partial charge in [0.1, 0.15) is 0 Å². The van der Waals surface area contributed by atoms with Crippen LogP contribution in [0.3, 0.4) is 0 Å². The summed E-state index contributed by atoms with van der Waals surface area (Å²) in [6.45, 7) is 8.48. The summed E-state index contributed by atoms with van der Waals surface area (Å²) < 4.78 is 42.7. The Morgan fingerprint density at radius 2 is 1.41 bits per heavy atom. The Labute approximate surface area is 161 Å². The third-order valence-electron chi connectivity index (χ3n) is 3.12. The fourth-order valence-corrected chi connectivity index (χ4v) is 3.75. The molecule has 0 aromatic heterocycles. The van der Waals surface area contributed by atoms with Crippen LogP contribution in [0.25, 0.3) is 0 Å². The summed E-state index contributed by atoms with van der Waals surface area (Å²) in [5.41, 5.74) is 8.21. The van der Waals surface area contributed by atoms with Gasteiger partial charge in [-0.2, -0.15) is 0 Å². The van der Waals surface area contributed by atoms with Crippen molar-refractivity contribution in [2.24, 2.45) is 11.0 Å². The molecule has 0 aromatic rings.